The molecule has 0 bridgehead atoms. The number of benzene rings is 1. The summed E-state index contributed by atoms with van der Waals surface area (Å²) in [5.74, 6) is 0.561. The van der Waals surface area contributed by atoms with Gasteiger partial charge in [0.25, 0.3) is 0 Å². The number of hydrogen-bond donors (Lipinski definition) is 0. The second-order valence-electron chi connectivity index (χ2n) is 5.67. The molecule has 0 N–H and O–H groups in total. The van der Waals surface area contributed by atoms with Gasteiger partial charge < -0.3 is 4.74 Å². The van der Waals surface area contributed by atoms with E-state index in [1.807, 2.05) is 13.3 Å². The third kappa shape index (κ3) is 3.90. The van der Waals surface area contributed by atoms with Crippen LogP contribution in [0.4, 0.5) is 0 Å². The van der Waals surface area contributed by atoms with Gasteiger partial charge >= 0.3 is 0 Å². The van der Waals surface area contributed by atoms with E-state index in [2.05, 4.69) is 45.6 Å². The van der Waals surface area contributed by atoms with Crippen molar-refractivity contribution in [3.05, 3.63) is 52.5 Å². The highest BCUT2D eigenvalue weighted by atomic mass is 32.1. The van der Waals surface area contributed by atoms with Crippen LogP contribution in [0.5, 0.6) is 0 Å². The number of aromatic nitrogens is 1. The third-order valence-corrected chi connectivity index (χ3v) is 5.00. The minimum absolute atomic E-state index is 0.373. The zero-order valence-corrected chi connectivity index (χ0v) is 13.3. The van der Waals surface area contributed by atoms with E-state index >= 15 is 0 Å². The van der Waals surface area contributed by atoms with Gasteiger partial charge in [0.1, 0.15) is 5.01 Å². The zero-order chi connectivity index (χ0) is 14.5. The van der Waals surface area contributed by atoms with E-state index in [1.54, 1.807) is 11.3 Å². The standard InChI is InChI=1S/C17H22N2OS/c1-20-16-7-9-19(13-17-18-8-10-21-17)12-15(16)11-14-5-3-2-4-6-14/h2-6,8,10,15-16H,7,9,11-13H2,1H3/t15-,16-/m0/s1. The number of methoxy groups -OCH3 is 1. The molecule has 2 heterocycles. The first-order valence-electron chi connectivity index (χ1n) is 7.52. The van der Waals surface area contributed by atoms with E-state index in [1.165, 1.54) is 10.6 Å². The van der Waals surface area contributed by atoms with Gasteiger partial charge in [-0.15, -0.1) is 11.3 Å². The smallest absolute Gasteiger partial charge is 0.107 e. The molecule has 3 nitrogen and oxygen atoms in total. The molecule has 2 aromatic rings. The molecule has 1 aromatic carbocycles. The van der Waals surface area contributed by atoms with Crippen LogP contribution in [-0.4, -0.2) is 36.2 Å². The fraction of sp³-hybridized carbons (Fsp3) is 0.471. The fourth-order valence-electron chi connectivity index (χ4n) is 3.18. The van der Waals surface area contributed by atoms with Crippen molar-refractivity contribution in [2.24, 2.45) is 5.92 Å². The van der Waals surface area contributed by atoms with Crippen molar-refractivity contribution in [1.29, 1.82) is 0 Å². The molecule has 0 spiro atoms. The van der Waals surface area contributed by atoms with Crippen LogP contribution < -0.4 is 0 Å². The highest BCUT2D eigenvalue weighted by Gasteiger charge is 2.29. The molecular formula is C17H22N2OS. The van der Waals surface area contributed by atoms with Crippen LogP contribution in [0.25, 0.3) is 0 Å². The molecule has 2 atom stereocenters. The molecule has 0 unspecified atom stereocenters. The van der Waals surface area contributed by atoms with Gasteiger partial charge in [-0.05, 0) is 18.4 Å². The van der Waals surface area contributed by atoms with Gasteiger partial charge in [-0.1, -0.05) is 30.3 Å². The van der Waals surface area contributed by atoms with Crippen LogP contribution in [0.15, 0.2) is 41.9 Å². The Morgan fingerprint density at radius 1 is 1.33 bits per heavy atom. The number of thiazole rings is 1. The molecule has 21 heavy (non-hydrogen) atoms. The Kier molecular flexibility index (Phi) is 5.01. The van der Waals surface area contributed by atoms with Crippen molar-refractivity contribution in [2.75, 3.05) is 20.2 Å². The van der Waals surface area contributed by atoms with Crippen LogP contribution in [0.3, 0.4) is 0 Å². The van der Waals surface area contributed by atoms with Crippen molar-refractivity contribution >= 4 is 11.3 Å². The Morgan fingerprint density at radius 2 is 2.19 bits per heavy atom. The molecular weight excluding hydrogens is 280 g/mol. The normalized spacial score (nSPS) is 23.3. The molecule has 0 amide bonds. The zero-order valence-electron chi connectivity index (χ0n) is 12.4. The average molecular weight is 302 g/mol. The Labute approximate surface area is 130 Å². The Hall–Kier alpha value is -1.23. The summed E-state index contributed by atoms with van der Waals surface area (Å²) in [6.45, 7) is 3.16. The maximum atomic E-state index is 5.72. The molecule has 1 aliphatic heterocycles. The van der Waals surface area contributed by atoms with E-state index in [0.717, 1.165) is 32.5 Å². The van der Waals surface area contributed by atoms with E-state index in [-0.39, 0.29) is 0 Å². The summed E-state index contributed by atoms with van der Waals surface area (Å²) < 4.78 is 5.72. The first kappa shape index (κ1) is 14.7. The minimum atomic E-state index is 0.373. The van der Waals surface area contributed by atoms with E-state index < -0.39 is 0 Å². The van der Waals surface area contributed by atoms with E-state index in [9.17, 15) is 0 Å². The number of likely N-dealkylation sites (tertiary alicyclic amines) is 1. The lowest BCUT2D eigenvalue weighted by molar-refractivity contribution is -0.00849. The minimum Gasteiger partial charge on any atom is -0.381 e. The largest absolute Gasteiger partial charge is 0.381 e. The molecule has 1 fully saturated rings. The number of rotatable bonds is 5. The molecule has 0 radical (unpaired) electrons. The van der Waals surface area contributed by atoms with Crippen LogP contribution in [0.1, 0.15) is 17.0 Å². The van der Waals surface area contributed by atoms with E-state index in [0.29, 0.717) is 12.0 Å². The highest BCUT2D eigenvalue weighted by Crippen LogP contribution is 2.25. The molecule has 1 aromatic heterocycles. The molecule has 1 saturated heterocycles. The summed E-state index contributed by atoms with van der Waals surface area (Å²) in [5, 5.41) is 3.27. The molecule has 0 aliphatic carbocycles. The van der Waals surface area contributed by atoms with Crippen molar-refractivity contribution in [2.45, 2.75) is 25.5 Å². The maximum absolute atomic E-state index is 5.72. The topological polar surface area (TPSA) is 25.4 Å². The molecule has 1 aliphatic rings. The monoisotopic (exact) mass is 302 g/mol. The molecule has 4 heteroatoms. The van der Waals surface area contributed by atoms with Crippen LogP contribution in [-0.2, 0) is 17.7 Å². The van der Waals surface area contributed by atoms with Crippen molar-refractivity contribution in [3.8, 4) is 0 Å². The van der Waals surface area contributed by atoms with Gasteiger partial charge in [0.05, 0.1) is 12.6 Å². The lowest BCUT2D eigenvalue weighted by Crippen LogP contribution is -2.44. The number of ether oxygens (including phenoxy) is 1. The number of hydrogen-bond acceptors (Lipinski definition) is 4. The van der Waals surface area contributed by atoms with Gasteiger partial charge in [0.2, 0.25) is 0 Å². The second kappa shape index (κ2) is 7.16. The van der Waals surface area contributed by atoms with Crippen molar-refractivity contribution in [1.82, 2.24) is 9.88 Å². The van der Waals surface area contributed by atoms with Gasteiger partial charge in [-0.3, -0.25) is 4.90 Å². The second-order valence-corrected chi connectivity index (χ2v) is 6.65. The summed E-state index contributed by atoms with van der Waals surface area (Å²) in [6, 6.07) is 10.7. The average Bonchev–Trinajstić information content (AvgIpc) is 3.02. The first-order chi connectivity index (χ1) is 10.3. The summed E-state index contributed by atoms with van der Waals surface area (Å²) in [5.41, 5.74) is 1.40. The summed E-state index contributed by atoms with van der Waals surface area (Å²) in [4.78, 5) is 6.92. The molecule has 3 rings (SSSR count). The summed E-state index contributed by atoms with van der Waals surface area (Å²) in [6.07, 6.45) is 4.47. The molecule has 112 valence electrons. The predicted octanol–water partition coefficient (Wildman–Crippen LogP) is 3.22. The lowest BCUT2D eigenvalue weighted by Gasteiger charge is -2.37. The van der Waals surface area contributed by atoms with Crippen LogP contribution in [0.2, 0.25) is 0 Å². The van der Waals surface area contributed by atoms with Crippen LogP contribution >= 0.6 is 11.3 Å². The van der Waals surface area contributed by atoms with Gasteiger partial charge in [-0.25, -0.2) is 4.98 Å². The number of nitrogens with zero attached hydrogens (tertiary/aromatic N) is 2. The SMILES string of the molecule is CO[C@H]1CCN(Cc2nccs2)C[C@@H]1Cc1ccccc1. The third-order valence-electron chi connectivity index (χ3n) is 4.23. The lowest BCUT2D eigenvalue weighted by atomic mass is 9.88. The fourth-order valence-corrected chi connectivity index (χ4v) is 3.83. The van der Waals surface area contributed by atoms with Gasteiger partial charge in [0.15, 0.2) is 0 Å². The quantitative estimate of drug-likeness (QED) is 0.848. The Balaban J connectivity index is 1.64. The Bertz CT molecular complexity index is 529. The molecule has 0 saturated carbocycles. The first-order valence-corrected chi connectivity index (χ1v) is 8.40. The van der Waals surface area contributed by atoms with E-state index in [4.69, 9.17) is 4.74 Å². The maximum Gasteiger partial charge on any atom is 0.107 e. The van der Waals surface area contributed by atoms with Gasteiger partial charge in [-0.2, -0.15) is 0 Å². The number of piperidine rings is 1. The van der Waals surface area contributed by atoms with Crippen LogP contribution in [0, 0.1) is 5.92 Å². The summed E-state index contributed by atoms with van der Waals surface area (Å²) >= 11 is 1.74. The Morgan fingerprint density at radius 3 is 2.90 bits per heavy atom. The van der Waals surface area contributed by atoms with Gasteiger partial charge in [0, 0.05) is 37.7 Å². The van der Waals surface area contributed by atoms with Crippen molar-refractivity contribution < 1.29 is 4.74 Å². The highest BCUT2D eigenvalue weighted by molar-refractivity contribution is 7.09. The summed E-state index contributed by atoms with van der Waals surface area (Å²) in [7, 11) is 1.85. The van der Waals surface area contributed by atoms with Crippen molar-refractivity contribution in [3.63, 3.8) is 0 Å². The predicted molar refractivity (Wildman–Crippen MR) is 86.4 cm³/mol.